The molecule has 0 fully saturated rings. The van der Waals surface area contributed by atoms with Gasteiger partial charge in [0.2, 0.25) is 5.91 Å². The average molecular weight is 207 g/mol. The van der Waals surface area contributed by atoms with Crippen LogP contribution in [-0.4, -0.2) is 28.8 Å². The van der Waals surface area contributed by atoms with E-state index < -0.39 is 0 Å². The Kier molecular flexibility index (Phi) is 5.03. The topological polar surface area (TPSA) is 74.6 Å². The smallest absolute Gasteiger partial charge is 0.240 e. The predicted molar refractivity (Wildman–Crippen MR) is 56.3 cm³/mol. The molecule has 0 radical (unpaired) electrons. The lowest BCUT2D eigenvalue weighted by Crippen LogP contribution is -2.17. The number of aliphatic hydroxyl groups is 1. The van der Waals surface area contributed by atoms with Gasteiger partial charge in [0.25, 0.3) is 0 Å². The van der Waals surface area contributed by atoms with Gasteiger partial charge in [-0.15, -0.1) is 0 Å². The van der Waals surface area contributed by atoms with Gasteiger partial charge in [0.05, 0.1) is 6.21 Å². The number of nitrogens with zero attached hydrogens (tertiary/aromatic N) is 2. The number of rotatable bonds is 5. The summed E-state index contributed by atoms with van der Waals surface area (Å²) < 4.78 is 0. The highest BCUT2D eigenvalue weighted by Crippen LogP contribution is 1.91. The van der Waals surface area contributed by atoms with E-state index in [9.17, 15) is 4.79 Å². The van der Waals surface area contributed by atoms with Crippen LogP contribution in [0.15, 0.2) is 29.6 Å². The van der Waals surface area contributed by atoms with Crippen molar-refractivity contribution >= 4 is 12.1 Å². The molecule has 0 atom stereocenters. The molecule has 0 aliphatic carbocycles. The van der Waals surface area contributed by atoms with Crippen LogP contribution in [0.4, 0.5) is 0 Å². The van der Waals surface area contributed by atoms with Crippen LogP contribution in [0.2, 0.25) is 0 Å². The fourth-order valence-electron chi connectivity index (χ4n) is 0.924. The average Bonchev–Trinajstić information content (AvgIpc) is 2.28. The Morgan fingerprint density at radius 3 is 2.93 bits per heavy atom. The zero-order valence-electron chi connectivity index (χ0n) is 8.26. The second kappa shape index (κ2) is 6.67. The summed E-state index contributed by atoms with van der Waals surface area (Å²) in [6, 6.07) is 3.56. The molecule has 1 aromatic rings. The summed E-state index contributed by atoms with van der Waals surface area (Å²) in [6.07, 6.45) is 5.57. The van der Waals surface area contributed by atoms with Gasteiger partial charge < -0.3 is 5.11 Å². The first-order valence-corrected chi connectivity index (χ1v) is 4.65. The number of hydrogen-bond donors (Lipinski definition) is 2. The zero-order chi connectivity index (χ0) is 10.9. The van der Waals surface area contributed by atoms with Crippen molar-refractivity contribution in [1.29, 1.82) is 0 Å². The third kappa shape index (κ3) is 4.87. The van der Waals surface area contributed by atoms with Crippen molar-refractivity contribution in [1.82, 2.24) is 10.4 Å². The molecule has 15 heavy (non-hydrogen) atoms. The Hall–Kier alpha value is -1.75. The normalized spacial score (nSPS) is 10.5. The molecule has 5 nitrogen and oxygen atoms in total. The number of pyridine rings is 1. The van der Waals surface area contributed by atoms with Crippen LogP contribution < -0.4 is 5.43 Å². The monoisotopic (exact) mass is 207 g/mol. The summed E-state index contributed by atoms with van der Waals surface area (Å²) in [5.74, 6) is -0.200. The van der Waals surface area contributed by atoms with E-state index in [1.54, 1.807) is 30.7 Å². The van der Waals surface area contributed by atoms with E-state index in [4.69, 9.17) is 5.11 Å². The molecule has 0 unspecified atom stereocenters. The molecule has 0 bridgehead atoms. The van der Waals surface area contributed by atoms with Crippen molar-refractivity contribution in [2.24, 2.45) is 5.10 Å². The largest absolute Gasteiger partial charge is 0.396 e. The highest BCUT2D eigenvalue weighted by Gasteiger charge is 1.96. The van der Waals surface area contributed by atoms with E-state index in [0.717, 1.165) is 5.56 Å². The van der Waals surface area contributed by atoms with Crippen molar-refractivity contribution in [2.75, 3.05) is 6.61 Å². The maximum atomic E-state index is 11.0. The second-order valence-electron chi connectivity index (χ2n) is 2.90. The summed E-state index contributed by atoms with van der Waals surface area (Å²) in [5, 5.41) is 12.3. The van der Waals surface area contributed by atoms with Crippen LogP contribution >= 0.6 is 0 Å². The van der Waals surface area contributed by atoms with Crippen molar-refractivity contribution in [2.45, 2.75) is 12.8 Å². The summed E-state index contributed by atoms with van der Waals surface area (Å²) >= 11 is 0. The molecule has 0 aromatic carbocycles. The highest BCUT2D eigenvalue weighted by atomic mass is 16.3. The Bertz CT molecular complexity index is 325. The Labute approximate surface area is 87.8 Å². The molecule has 80 valence electrons. The number of hydrogen-bond acceptors (Lipinski definition) is 4. The van der Waals surface area contributed by atoms with E-state index in [1.807, 2.05) is 0 Å². The lowest BCUT2D eigenvalue weighted by Gasteiger charge is -1.96. The molecule has 1 aromatic heterocycles. The molecular weight excluding hydrogens is 194 g/mol. The summed E-state index contributed by atoms with van der Waals surface area (Å²) in [6.45, 7) is 0.0154. The quantitative estimate of drug-likeness (QED) is 0.538. The van der Waals surface area contributed by atoms with E-state index >= 15 is 0 Å². The summed E-state index contributed by atoms with van der Waals surface area (Å²) in [5.41, 5.74) is 3.23. The van der Waals surface area contributed by atoms with Crippen LogP contribution in [0.3, 0.4) is 0 Å². The number of nitrogens with one attached hydrogen (secondary N) is 1. The standard InChI is InChI=1S/C10H13N3O2/c14-7-1-2-10(15)13-12-8-9-3-5-11-6-4-9/h3-6,8,14H,1-2,7H2,(H,13,15)/b12-8+. The van der Waals surface area contributed by atoms with Gasteiger partial charge in [-0.3, -0.25) is 9.78 Å². The predicted octanol–water partition coefficient (Wildman–Crippen LogP) is 0.304. The van der Waals surface area contributed by atoms with Gasteiger partial charge in [0.1, 0.15) is 0 Å². The van der Waals surface area contributed by atoms with Gasteiger partial charge in [-0.2, -0.15) is 5.10 Å². The number of carbonyl (C=O) groups is 1. The molecule has 0 saturated heterocycles. The van der Waals surface area contributed by atoms with Gasteiger partial charge in [-0.05, 0) is 24.1 Å². The fourth-order valence-corrected chi connectivity index (χ4v) is 0.924. The van der Waals surface area contributed by atoms with Crippen LogP contribution in [0.5, 0.6) is 0 Å². The molecular formula is C10H13N3O2. The molecule has 0 spiro atoms. The lowest BCUT2D eigenvalue weighted by atomic mass is 10.3. The van der Waals surface area contributed by atoms with E-state index in [0.29, 0.717) is 6.42 Å². The van der Waals surface area contributed by atoms with Gasteiger partial charge in [0.15, 0.2) is 0 Å². The van der Waals surface area contributed by atoms with E-state index in [2.05, 4.69) is 15.5 Å². The Morgan fingerprint density at radius 1 is 1.53 bits per heavy atom. The van der Waals surface area contributed by atoms with Crippen molar-refractivity contribution in [3.63, 3.8) is 0 Å². The van der Waals surface area contributed by atoms with Crippen LogP contribution in [0, 0.1) is 0 Å². The minimum absolute atomic E-state index is 0.0154. The van der Waals surface area contributed by atoms with Crippen molar-refractivity contribution in [3.8, 4) is 0 Å². The summed E-state index contributed by atoms with van der Waals surface area (Å²) in [7, 11) is 0. The maximum absolute atomic E-state index is 11.0. The summed E-state index contributed by atoms with van der Waals surface area (Å²) in [4.78, 5) is 14.9. The van der Waals surface area contributed by atoms with Gasteiger partial charge in [-0.25, -0.2) is 5.43 Å². The third-order valence-corrected chi connectivity index (χ3v) is 1.67. The van der Waals surface area contributed by atoms with Crippen LogP contribution in [0.1, 0.15) is 18.4 Å². The number of hydrazone groups is 1. The molecule has 1 heterocycles. The molecule has 0 aliphatic heterocycles. The zero-order valence-corrected chi connectivity index (χ0v) is 8.26. The first-order valence-electron chi connectivity index (χ1n) is 4.65. The third-order valence-electron chi connectivity index (χ3n) is 1.67. The van der Waals surface area contributed by atoms with Gasteiger partial charge in [-0.1, -0.05) is 0 Å². The van der Waals surface area contributed by atoms with Crippen LogP contribution in [0.25, 0.3) is 0 Å². The first kappa shape index (κ1) is 11.3. The Morgan fingerprint density at radius 2 is 2.27 bits per heavy atom. The molecule has 0 aliphatic rings. The lowest BCUT2D eigenvalue weighted by molar-refractivity contribution is -0.121. The highest BCUT2D eigenvalue weighted by molar-refractivity contribution is 5.82. The number of aliphatic hydroxyl groups excluding tert-OH is 1. The molecule has 1 rings (SSSR count). The van der Waals surface area contributed by atoms with E-state index in [-0.39, 0.29) is 18.9 Å². The minimum atomic E-state index is -0.200. The number of aromatic nitrogens is 1. The molecule has 5 heteroatoms. The molecule has 1 amide bonds. The maximum Gasteiger partial charge on any atom is 0.240 e. The molecule has 0 saturated carbocycles. The molecule has 2 N–H and O–H groups in total. The van der Waals surface area contributed by atoms with Crippen molar-refractivity contribution in [3.05, 3.63) is 30.1 Å². The van der Waals surface area contributed by atoms with Crippen LogP contribution in [-0.2, 0) is 4.79 Å². The first-order chi connectivity index (χ1) is 7.33. The fraction of sp³-hybridized carbons (Fsp3) is 0.300. The Balaban J connectivity index is 2.31. The minimum Gasteiger partial charge on any atom is -0.396 e. The van der Waals surface area contributed by atoms with E-state index in [1.165, 1.54) is 0 Å². The SMILES string of the molecule is O=C(CCCO)N/N=C/c1ccncc1. The van der Waals surface area contributed by atoms with Gasteiger partial charge >= 0.3 is 0 Å². The second-order valence-corrected chi connectivity index (χ2v) is 2.90. The number of amides is 1. The van der Waals surface area contributed by atoms with Crippen molar-refractivity contribution < 1.29 is 9.90 Å². The number of carbonyl (C=O) groups excluding carboxylic acids is 1. The van der Waals surface area contributed by atoms with Gasteiger partial charge in [0, 0.05) is 25.4 Å².